The van der Waals surface area contributed by atoms with Crippen LogP contribution in [0.2, 0.25) is 0 Å². The van der Waals surface area contributed by atoms with E-state index in [4.69, 9.17) is 9.72 Å². The smallest absolute Gasteiger partial charge is 0.259 e. The van der Waals surface area contributed by atoms with Crippen LogP contribution in [0.15, 0.2) is 54.9 Å². The zero-order valence-corrected chi connectivity index (χ0v) is 20.1. The largest absolute Gasteiger partial charge is 0.475 e. The zero-order chi connectivity index (χ0) is 24.4. The van der Waals surface area contributed by atoms with Crippen molar-refractivity contribution in [1.29, 1.82) is 5.26 Å². The van der Waals surface area contributed by atoms with Crippen LogP contribution in [-0.2, 0) is 6.61 Å². The number of aromatic nitrogens is 3. The summed E-state index contributed by atoms with van der Waals surface area (Å²) in [5, 5.41) is 18.9. The fourth-order valence-corrected chi connectivity index (χ4v) is 4.86. The SMILES string of the molecule is Cc1cc(-c2c(-c3ccc(C#N)cc3)nc(OC[C@@H]3CCCN(C)C3)c3nccn23)ccc1CO. The third-order valence-electron chi connectivity index (χ3n) is 6.76. The molecule has 4 aromatic rings. The van der Waals surface area contributed by atoms with Crippen LogP contribution in [0.1, 0.15) is 29.5 Å². The summed E-state index contributed by atoms with van der Waals surface area (Å²) in [4.78, 5) is 11.9. The standard InChI is InChI=1S/C28H29N5O2/c1-19-14-23(9-10-24(19)17-34)26-25(22-7-5-20(15-29)6-8-22)31-28(27-30-11-13-33(26)27)35-18-21-4-3-12-32(2)16-21/h5-11,13-14,21,34H,3-4,12,16-18H2,1-2H3/t21-/m1/s1. The molecule has 0 saturated carbocycles. The molecule has 0 unspecified atom stereocenters. The lowest BCUT2D eigenvalue weighted by Gasteiger charge is -2.29. The number of benzene rings is 2. The highest BCUT2D eigenvalue weighted by atomic mass is 16.5. The van der Waals surface area contributed by atoms with Crippen molar-refractivity contribution in [1.82, 2.24) is 19.3 Å². The number of nitriles is 1. The summed E-state index contributed by atoms with van der Waals surface area (Å²) in [5.41, 5.74) is 6.67. The molecule has 2 aromatic heterocycles. The van der Waals surface area contributed by atoms with Crippen LogP contribution in [0.25, 0.3) is 28.2 Å². The van der Waals surface area contributed by atoms with Gasteiger partial charge in [0.05, 0.1) is 36.2 Å². The maximum Gasteiger partial charge on any atom is 0.259 e. The van der Waals surface area contributed by atoms with Crippen LogP contribution >= 0.6 is 0 Å². The van der Waals surface area contributed by atoms with E-state index < -0.39 is 0 Å². The molecule has 35 heavy (non-hydrogen) atoms. The van der Waals surface area contributed by atoms with Gasteiger partial charge < -0.3 is 14.7 Å². The molecule has 1 N–H and O–H groups in total. The summed E-state index contributed by atoms with van der Waals surface area (Å²) in [6.45, 7) is 4.73. The van der Waals surface area contributed by atoms with E-state index in [0.717, 1.165) is 53.2 Å². The number of rotatable bonds is 6. The second-order valence-electron chi connectivity index (χ2n) is 9.31. The monoisotopic (exact) mass is 467 g/mol. The maximum absolute atomic E-state index is 9.65. The first-order valence-electron chi connectivity index (χ1n) is 12.0. The molecule has 0 aliphatic carbocycles. The number of hydrogen-bond acceptors (Lipinski definition) is 6. The lowest BCUT2D eigenvalue weighted by Crippen LogP contribution is -2.34. The van der Waals surface area contributed by atoms with E-state index in [-0.39, 0.29) is 6.61 Å². The normalized spacial score (nSPS) is 16.3. The van der Waals surface area contributed by atoms with Crippen molar-refractivity contribution < 1.29 is 9.84 Å². The van der Waals surface area contributed by atoms with Gasteiger partial charge in [-0.3, -0.25) is 4.40 Å². The summed E-state index contributed by atoms with van der Waals surface area (Å²) >= 11 is 0. The van der Waals surface area contributed by atoms with Gasteiger partial charge in [-0.15, -0.1) is 0 Å². The minimum Gasteiger partial charge on any atom is -0.475 e. The van der Waals surface area contributed by atoms with E-state index in [1.807, 2.05) is 41.8 Å². The number of piperidine rings is 1. The van der Waals surface area contributed by atoms with E-state index in [1.165, 1.54) is 6.42 Å². The van der Waals surface area contributed by atoms with Gasteiger partial charge in [0.15, 0.2) is 0 Å². The lowest BCUT2D eigenvalue weighted by molar-refractivity contribution is 0.148. The Morgan fingerprint density at radius 3 is 2.69 bits per heavy atom. The first-order valence-corrected chi connectivity index (χ1v) is 12.0. The minimum absolute atomic E-state index is 0.00351. The first-order chi connectivity index (χ1) is 17.1. The molecule has 5 rings (SSSR count). The predicted octanol–water partition coefficient (Wildman–Crippen LogP) is 4.46. The van der Waals surface area contributed by atoms with Crippen molar-refractivity contribution in [2.24, 2.45) is 5.92 Å². The highest BCUT2D eigenvalue weighted by Crippen LogP contribution is 2.35. The number of nitrogens with zero attached hydrogens (tertiary/aromatic N) is 5. The van der Waals surface area contributed by atoms with Gasteiger partial charge in [0, 0.05) is 36.0 Å². The van der Waals surface area contributed by atoms with E-state index in [0.29, 0.717) is 29.6 Å². The lowest BCUT2D eigenvalue weighted by atomic mass is 9.99. The molecule has 1 aliphatic rings. The quantitative estimate of drug-likeness (QED) is 0.451. The molecule has 178 valence electrons. The molecule has 7 nitrogen and oxygen atoms in total. The zero-order valence-electron chi connectivity index (χ0n) is 20.1. The van der Waals surface area contributed by atoms with Gasteiger partial charge in [-0.1, -0.05) is 24.3 Å². The summed E-state index contributed by atoms with van der Waals surface area (Å²) in [6.07, 6.45) is 6.01. The molecule has 0 spiro atoms. The fourth-order valence-electron chi connectivity index (χ4n) is 4.86. The number of hydrogen-bond donors (Lipinski definition) is 1. The molecule has 2 aromatic carbocycles. The van der Waals surface area contributed by atoms with Crippen molar-refractivity contribution in [3.8, 4) is 34.5 Å². The number of fused-ring (bicyclic) bond motifs is 1. The molecular formula is C28H29N5O2. The number of aliphatic hydroxyl groups excluding tert-OH is 1. The van der Waals surface area contributed by atoms with Crippen molar-refractivity contribution >= 4 is 5.65 Å². The molecule has 0 amide bonds. The van der Waals surface area contributed by atoms with Gasteiger partial charge in [0.2, 0.25) is 5.65 Å². The van der Waals surface area contributed by atoms with E-state index >= 15 is 0 Å². The highest BCUT2D eigenvalue weighted by Gasteiger charge is 2.22. The number of aliphatic hydroxyl groups is 1. The predicted molar refractivity (Wildman–Crippen MR) is 135 cm³/mol. The Morgan fingerprint density at radius 2 is 1.97 bits per heavy atom. The topological polar surface area (TPSA) is 86.7 Å². The van der Waals surface area contributed by atoms with Crippen LogP contribution in [0.5, 0.6) is 5.88 Å². The Morgan fingerprint density at radius 1 is 1.17 bits per heavy atom. The molecule has 0 radical (unpaired) electrons. The van der Waals surface area contributed by atoms with Crippen LogP contribution in [0.4, 0.5) is 0 Å². The number of imidazole rings is 1. The Hall–Kier alpha value is -3.73. The van der Waals surface area contributed by atoms with Crippen LogP contribution in [-0.4, -0.2) is 51.1 Å². The molecule has 1 aliphatic heterocycles. The average molecular weight is 468 g/mol. The number of ether oxygens (including phenoxy) is 1. The van der Waals surface area contributed by atoms with Crippen molar-refractivity contribution in [3.05, 3.63) is 71.5 Å². The van der Waals surface area contributed by atoms with Gasteiger partial charge in [-0.2, -0.15) is 5.26 Å². The first kappa shape index (κ1) is 23.0. The molecule has 0 bridgehead atoms. The average Bonchev–Trinajstić information content (AvgIpc) is 3.37. The van der Waals surface area contributed by atoms with Gasteiger partial charge in [0.25, 0.3) is 5.88 Å². The van der Waals surface area contributed by atoms with Gasteiger partial charge >= 0.3 is 0 Å². The Bertz CT molecular complexity index is 1390. The molecular weight excluding hydrogens is 438 g/mol. The minimum atomic E-state index is -0.00351. The Labute approximate surface area is 205 Å². The van der Waals surface area contributed by atoms with Gasteiger partial charge in [-0.05, 0) is 62.7 Å². The molecule has 1 saturated heterocycles. The number of aryl methyl sites for hydroxylation is 1. The third-order valence-corrected chi connectivity index (χ3v) is 6.76. The van der Waals surface area contributed by atoms with Gasteiger partial charge in [-0.25, -0.2) is 9.97 Å². The highest BCUT2D eigenvalue weighted by molar-refractivity contribution is 5.82. The van der Waals surface area contributed by atoms with Crippen LogP contribution in [0.3, 0.4) is 0 Å². The van der Waals surface area contributed by atoms with E-state index in [9.17, 15) is 10.4 Å². The number of likely N-dealkylation sites (tertiary alicyclic amines) is 1. The van der Waals surface area contributed by atoms with Crippen molar-refractivity contribution in [2.45, 2.75) is 26.4 Å². The summed E-state index contributed by atoms with van der Waals surface area (Å²) < 4.78 is 8.34. The third kappa shape index (κ3) is 4.63. The second kappa shape index (κ2) is 9.87. The maximum atomic E-state index is 9.65. The second-order valence-corrected chi connectivity index (χ2v) is 9.31. The Kier molecular flexibility index (Phi) is 6.49. The van der Waals surface area contributed by atoms with E-state index in [1.54, 1.807) is 18.3 Å². The summed E-state index contributed by atoms with van der Waals surface area (Å²) in [6, 6.07) is 15.6. The fraction of sp³-hybridized carbons (Fsp3) is 0.321. The van der Waals surface area contributed by atoms with Crippen molar-refractivity contribution in [3.63, 3.8) is 0 Å². The Balaban J connectivity index is 1.63. The van der Waals surface area contributed by atoms with Crippen LogP contribution in [0, 0.1) is 24.2 Å². The molecule has 1 fully saturated rings. The molecule has 3 heterocycles. The molecule has 7 heteroatoms. The van der Waals surface area contributed by atoms with E-state index in [2.05, 4.69) is 29.1 Å². The van der Waals surface area contributed by atoms with Crippen molar-refractivity contribution in [2.75, 3.05) is 26.7 Å². The molecule has 1 atom stereocenters. The summed E-state index contributed by atoms with van der Waals surface area (Å²) in [7, 11) is 2.15. The van der Waals surface area contributed by atoms with Gasteiger partial charge in [0.1, 0.15) is 0 Å². The van der Waals surface area contributed by atoms with Crippen LogP contribution < -0.4 is 4.74 Å². The summed E-state index contributed by atoms with van der Waals surface area (Å²) in [5.74, 6) is 0.965.